The Balaban J connectivity index is 1.53. The predicted octanol–water partition coefficient (Wildman–Crippen LogP) is 7.90. The van der Waals surface area contributed by atoms with Crippen molar-refractivity contribution in [3.05, 3.63) is 41.7 Å². The van der Waals surface area contributed by atoms with Crippen LogP contribution in [-0.2, 0) is 6.42 Å². The standard InChI is InChI=1S/C24H31F3O/c1-2-3-4-5-17-6-8-18(9-7-17)10-11-19-12-14-21-20(16-19)13-15-22(23(21)25)28-24(26)27/h12-18,24H,2-11H2,1H3. The summed E-state index contributed by atoms with van der Waals surface area (Å²) in [6, 6.07) is 8.51. The predicted molar refractivity (Wildman–Crippen MR) is 108 cm³/mol. The van der Waals surface area contributed by atoms with Crippen molar-refractivity contribution >= 4 is 10.8 Å². The fourth-order valence-corrected chi connectivity index (χ4v) is 4.53. The number of halogens is 3. The molecule has 0 bridgehead atoms. The number of unbranched alkanes of at least 4 members (excludes halogenated alkanes) is 2. The Bertz CT molecular complexity index is 751. The van der Waals surface area contributed by atoms with E-state index in [-0.39, 0.29) is 0 Å². The van der Waals surface area contributed by atoms with Crippen LogP contribution >= 0.6 is 0 Å². The molecule has 0 saturated heterocycles. The Morgan fingerprint density at radius 2 is 1.68 bits per heavy atom. The van der Waals surface area contributed by atoms with Crippen LogP contribution in [0.4, 0.5) is 13.2 Å². The van der Waals surface area contributed by atoms with Crippen LogP contribution in [0.15, 0.2) is 30.3 Å². The van der Waals surface area contributed by atoms with Crippen molar-refractivity contribution in [2.24, 2.45) is 11.8 Å². The van der Waals surface area contributed by atoms with Gasteiger partial charge in [-0.15, -0.1) is 0 Å². The number of alkyl halides is 2. The third-order valence-corrected chi connectivity index (χ3v) is 6.22. The Kier molecular flexibility index (Phi) is 7.64. The van der Waals surface area contributed by atoms with Crippen LogP contribution in [0.5, 0.6) is 5.75 Å². The molecule has 0 amide bonds. The first kappa shape index (κ1) is 21.0. The molecule has 0 radical (unpaired) electrons. The zero-order valence-electron chi connectivity index (χ0n) is 16.7. The number of hydrogen-bond donors (Lipinski definition) is 0. The maximum Gasteiger partial charge on any atom is 0.387 e. The molecule has 1 saturated carbocycles. The fourth-order valence-electron chi connectivity index (χ4n) is 4.53. The first-order valence-electron chi connectivity index (χ1n) is 10.7. The molecule has 1 fully saturated rings. The van der Waals surface area contributed by atoms with Crippen LogP contribution in [0.2, 0.25) is 0 Å². The lowest BCUT2D eigenvalue weighted by atomic mass is 9.77. The summed E-state index contributed by atoms with van der Waals surface area (Å²) < 4.78 is 43.3. The molecule has 0 atom stereocenters. The summed E-state index contributed by atoms with van der Waals surface area (Å²) in [5.41, 5.74) is 1.18. The number of ether oxygens (including phenoxy) is 1. The molecule has 0 spiro atoms. The summed E-state index contributed by atoms with van der Waals surface area (Å²) in [5.74, 6) is 0.601. The van der Waals surface area contributed by atoms with Crippen LogP contribution < -0.4 is 4.74 Å². The van der Waals surface area contributed by atoms with E-state index in [0.29, 0.717) is 5.39 Å². The summed E-state index contributed by atoms with van der Waals surface area (Å²) in [6.45, 7) is -0.762. The van der Waals surface area contributed by atoms with E-state index in [0.717, 1.165) is 23.6 Å². The maximum atomic E-state index is 14.3. The van der Waals surface area contributed by atoms with Gasteiger partial charge < -0.3 is 4.74 Å². The summed E-state index contributed by atoms with van der Waals surface area (Å²) in [7, 11) is 0. The van der Waals surface area contributed by atoms with E-state index in [2.05, 4.69) is 11.7 Å². The third kappa shape index (κ3) is 5.65. The van der Waals surface area contributed by atoms with Gasteiger partial charge in [0.2, 0.25) is 0 Å². The quantitative estimate of drug-likeness (QED) is 0.394. The zero-order chi connectivity index (χ0) is 19.9. The number of benzene rings is 2. The molecule has 3 rings (SSSR count). The molecule has 1 aliphatic rings. The van der Waals surface area contributed by atoms with Gasteiger partial charge in [0.05, 0.1) is 0 Å². The van der Waals surface area contributed by atoms with Crippen LogP contribution in [0.1, 0.15) is 70.3 Å². The minimum Gasteiger partial charge on any atom is -0.432 e. The second-order valence-electron chi connectivity index (χ2n) is 8.23. The summed E-state index contributed by atoms with van der Waals surface area (Å²) in [6.07, 6.45) is 13.0. The third-order valence-electron chi connectivity index (χ3n) is 6.22. The van der Waals surface area contributed by atoms with Crippen molar-refractivity contribution < 1.29 is 17.9 Å². The molecule has 1 aliphatic carbocycles. The highest BCUT2D eigenvalue weighted by Gasteiger charge is 2.20. The van der Waals surface area contributed by atoms with Crippen LogP contribution in [0.3, 0.4) is 0 Å². The highest BCUT2D eigenvalue weighted by Crippen LogP contribution is 2.35. The summed E-state index contributed by atoms with van der Waals surface area (Å²) in [5, 5.41) is 1.06. The molecule has 154 valence electrons. The molecule has 2 aromatic rings. The second-order valence-corrected chi connectivity index (χ2v) is 8.23. The summed E-state index contributed by atoms with van der Waals surface area (Å²) in [4.78, 5) is 0. The van der Waals surface area contributed by atoms with Gasteiger partial charge in [-0.2, -0.15) is 8.78 Å². The van der Waals surface area contributed by atoms with Gasteiger partial charge in [0.15, 0.2) is 11.6 Å². The van der Waals surface area contributed by atoms with Crippen LogP contribution in [0, 0.1) is 17.7 Å². The van der Waals surface area contributed by atoms with E-state index in [4.69, 9.17) is 0 Å². The first-order valence-corrected chi connectivity index (χ1v) is 10.7. The molecule has 2 aromatic carbocycles. The van der Waals surface area contributed by atoms with E-state index >= 15 is 0 Å². The van der Waals surface area contributed by atoms with Crippen molar-refractivity contribution in [3.8, 4) is 5.75 Å². The Hall–Kier alpha value is -1.71. The first-order chi connectivity index (χ1) is 13.6. The van der Waals surface area contributed by atoms with Gasteiger partial charge in [0, 0.05) is 5.39 Å². The van der Waals surface area contributed by atoms with E-state index in [9.17, 15) is 13.2 Å². The van der Waals surface area contributed by atoms with Gasteiger partial charge in [-0.25, -0.2) is 4.39 Å². The number of hydrogen-bond acceptors (Lipinski definition) is 1. The van der Waals surface area contributed by atoms with Crippen molar-refractivity contribution in [3.63, 3.8) is 0 Å². The SMILES string of the molecule is CCCCCC1CCC(CCc2ccc3c(F)c(OC(F)F)ccc3c2)CC1. The molecule has 0 aromatic heterocycles. The van der Waals surface area contributed by atoms with Crippen molar-refractivity contribution in [2.75, 3.05) is 0 Å². The lowest BCUT2D eigenvalue weighted by Gasteiger charge is -2.28. The maximum absolute atomic E-state index is 14.3. The van der Waals surface area contributed by atoms with E-state index in [1.54, 1.807) is 12.1 Å². The number of rotatable bonds is 9. The van der Waals surface area contributed by atoms with Crippen molar-refractivity contribution in [2.45, 2.75) is 77.7 Å². The summed E-state index contributed by atoms with van der Waals surface area (Å²) >= 11 is 0. The van der Waals surface area contributed by atoms with Crippen LogP contribution in [0.25, 0.3) is 10.8 Å². The molecule has 0 N–H and O–H groups in total. The normalized spacial score (nSPS) is 20.0. The van der Waals surface area contributed by atoms with E-state index < -0.39 is 18.2 Å². The molecule has 0 heterocycles. The van der Waals surface area contributed by atoms with Gasteiger partial charge in [-0.1, -0.05) is 82.6 Å². The molecular formula is C24H31F3O. The van der Waals surface area contributed by atoms with Gasteiger partial charge >= 0.3 is 6.61 Å². The lowest BCUT2D eigenvalue weighted by molar-refractivity contribution is -0.0520. The van der Waals surface area contributed by atoms with E-state index in [1.165, 1.54) is 69.4 Å². The molecule has 4 heteroatoms. The second kappa shape index (κ2) is 10.2. The molecule has 1 nitrogen and oxygen atoms in total. The van der Waals surface area contributed by atoms with Crippen LogP contribution in [-0.4, -0.2) is 6.61 Å². The topological polar surface area (TPSA) is 9.23 Å². The number of aryl methyl sites for hydroxylation is 1. The zero-order valence-corrected chi connectivity index (χ0v) is 16.7. The van der Waals surface area contributed by atoms with Crippen molar-refractivity contribution in [1.29, 1.82) is 0 Å². The fraction of sp³-hybridized carbons (Fsp3) is 0.583. The van der Waals surface area contributed by atoms with E-state index in [1.807, 2.05) is 12.1 Å². The smallest absolute Gasteiger partial charge is 0.387 e. The minimum atomic E-state index is -3.02. The average Bonchev–Trinajstić information content (AvgIpc) is 2.69. The molecule has 28 heavy (non-hydrogen) atoms. The average molecular weight is 393 g/mol. The Labute approximate surface area is 166 Å². The van der Waals surface area contributed by atoms with Gasteiger partial charge in [-0.05, 0) is 41.7 Å². The highest BCUT2D eigenvalue weighted by molar-refractivity contribution is 5.85. The molecule has 0 aliphatic heterocycles. The number of fused-ring (bicyclic) bond motifs is 1. The van der Waals surface area contributed by atoms with Gasteiger partial charge in [-0.3, -0.25) is 0 Å². The highest BCUT2D eigenvalue weighted by atomic mass is 19.3. The Morgan fingerprint density at radius 3 is 2.36 bits per heavy atom. The van der Waals surface area contributed by atoms with Gasteiger partial charge in [0.1, 0.15) is 0 Å². The monoisotopic (exact) mass is 392 g/mol. The Morgan fingerprint density at radius 1 is 0.964 bits per heavy atom. The lowest BCUT2D eigenvalue weighted by Crippen LogP contribution is -2.15. The van der Waals surface area contributed by atoms with Gasteiger partial charge in [0.25, 0.3) is 0 Å². The minimum absolute atomic E-state index is 0.328. The molecular weight excluding hydrogens is 361 g/mol. The largest absolute Gasteiger partial charge is 0.432 e. The van der Waals surface area contributed by atoms with Crippen molar-refractivity contribution in [1.82, 2.24) is 0 Å². The molecule has 0 unspecified atom stereocenters.